The maximum absolute atomic E-state index is 13.7. The molecule has 5 heteroatoms. The number of hydrogen-bond donors (Lipinski definition) is 1. The van der Waals surface area contributed by atoms with Crippen molar-refractivity contribution < 1.29 is 9.13 Å². The molecule has 1 N–H and O–H groups in total. The molecule has 0 aromatic heterocycles. The van der Waals surface area contributed by atoms with Crippen LogP contribution in [0, 0.1) is 5.82 Å². The van der Waals surface area contributed by atoms with E-state index >= 15 is 0 Å². The molecule has 2 rings (SSSR count). The lowest BCUT2D eigenvalue weighted by molar-refractivity contribution is 0.0275. The van der Waals surface area contributed by atoms with Gasteiger partial charge in [0.15, 0.2) is 0 Å². The molecule has 1 heterocycles. The Labute approximate surface area is 104 Å². The van der Waals surface area contributed by atoms with E-state index in [4.69, 9.17) is 16.3 Å². The molecule has 0 aliphatic carbocycles. The van der Waals surface area contributed by atoms with Gasteiger partial charge in [-0.25, -0.2) is 4.39 Å². The maximum Gasteiger partial charge on any atom is 0.138 e. The van der Waals surface area contributed by atoms with Gasteiger partial charge in [0.05, 0.1) is 22.6 Å². The number of ether oxygens (including phenoxy) is 1. The molecule has 1 fully saturated rings. The number of rotatable bonds is 2. The van der Waals surface area contributed by atoms with Crippen molar-refractivity contribution in [3.8, 4) is 0 Å². The Morgan fingerprint density at radius 2 is 2.38 bits per heavy atom. The molecule has 0 bridgehead atoms. The van der Waals surface area contributed by atoms with E-state index in [1.165, 1.54) is 17.8 Å². The van der Waals surface area contributed by atoms with Crippen molar-refractivity contribution in [2.24, 2.45) is 0 Å². The van der Waals surface area contributed by atoms with Gasteiger partial charge in [0.2, 0.25) is 0 Å². The Morgan fingerprint density at radius 1 is 1.56 bits per heavy atom. The number of halogens is 2. The molecule has 88 valence electrons. The standard InChI is InChI=1S/C11H13ClFNOS/c1-16-11-8(12)4-7(5-9(11)13)10-6-14-2-3-15-10/h4-5,10,14H,2-3,6H2,1H3. The van der Waals surface area contributed by atoms with Crippen LogP contribution in [0.4, 0.5) is 4.39 Å². The van der Waals surface area contributed by atoms with Gasteiger partial charge >= 0.3 is 0 Å². The van der Waals surface area contributed by atoms with E-state index in [0.717, 1.165) is 12.1 Å². The van der Waals surface area contributed by atoms with Crippen LogP contribution in [0.15, 0.2) is 17.0 Å². The molecule has 1 atom stereocenters. The molecule has 0 spiro atoms. The first-order valence-corrected chi connectivity index (χ1v) is 6.68. The average Bonchev–Trinajstić information content (AvgIpc) is 2.30. The molecule has 1 aromatic rings. The number of morpholine rings is 1. The van der Waals surface area contributed by atoms with Crippen LogP contribution >= 0.6 is 23.4 Å². The van der Waals surface area contributed by atoms with E-state index in [2.05, 4.69) is 5.32 Å². The minimum atomic E-state index is -0.274. The van der Waals surface area contributed by atoms with Crippen LogP contribution in [-0.2, 0) is 4.74 Å². The van der Waals surface area contributed by atoms with Crippen LogP contribution in [0.3, 0.4) is 0 Å². The quantitative estimate of drug-likeness (QED) is 0.828. The van der Waals surface area contributed by atoms with E-state index in [1.807, 2.05) is 6.26 Å². The molecule has 16 heavy (non-hydrogen) atoms. The molecular weight excluding hydrogens is 249 g/mol. The number of nitrogens with one attached hydrogen (secondary N) is 1. The first-order chi connectivity index (χ1) is 7.72. The summed E-state index contributed by atoms with van der Waals surface area (Å²) in [5.41, 5.74) is 0.799. The predicted octanol–water partition coefficient (Wildman–Crippen LogP) is 2.86. The van der Waals surface area contributed by atoms with Crippen LogP contribution < -0.4 is 5.32 Å². The highest BCUT2D eigenvalue weighted by atomic mass is 35.5. The SMILES string of the molecule is CSc1c(F)cc(C2CNCCO2)cc1Cl. The van der Waals surface area contributed by atoms with Gasteiger partial charge in [0, 0.05) is 13.1 Å². The van der Waals surface area contributed by atoms with Crippen molar-refractivity contribution >= 4 is 23.4 Å². The molecule has 1 saturated heterocycles. The van der Waals surface area contributed by atoms with Crippen molar-refractivity contribution in [1.82, 2.24) is 5.32 Å². The van der Waals surface area contributed by atoms with Crippen LogP contribution in [-0.4, -0.2) is 26.0 Å². The lowest BCUT2D eigenvalue weighted by Gasteiger charge is -2.24. The molecule has 0 amide bonds. The minimum absolute atomic E-state index is 0.100. The smallest absolute Gasteiger partial charge is 0.138 e. The lowest BCUT2D eigenvalue weighted by Crippen LogP contribution is -2.33. The van der Waals surface area contributed by atoms with Gasteiger partial charge in [-0.05, 0) is 24.0 Å². The van der Waals surface area contributed by atoms with E-state index in [-0.39, 0.29) is 11.9 Å². The van der Waals surface area contributed by atoms with Crippen molar-refractivity contribution in [2.45, 2.75) is 11.0 Å². The van der Waals surface area contributed by atoms with E-state index in [1.54, 1.807) is 6.07 Å². The summed E-state index contributed by atoms with van der Waals surface area (Å²) in [7, 11) is 0. The van der Waals surface area contributed by atoms with Crippen LogP contribution in [0.5, 0.6) is 0 Å². The summed E-state index contributed by atoms with van der Waals surface area (Å²) in [5, 5.41) is 3.66. The van der Waals surface area contributed by atoms with Crippen molar-refractivity contribution in [3.63, 3.8) is 0 Å². The van der Waals surface area contributed by atoms with Gasteiger partial charge in [-0.15, -0.1) is 11.8 Å². The third kappa shape index (κ3) is 2.51. The fourth-order valence-electron chi connectivity index (χ4n) is 1.74. The number of thioether (sulfide) groups is 1. The molecule has 0 saturated carbocycles. The third-order valence-electron chi connectivity index (χ3n) is 2.52. The van der Waals surface area contributed by atoms with Gasteiger partial charge in [-0.2, -0.15) is 0 Å². The Kier molecular flexibility index (Phi) is 4.08. The number of benzene rings is 1. The van der Waals surface area contributed by atoms with Gasteiger partial charge in [0.1, 0.15) is 5.82 Å². The fraction of sp³-hybridized carbons (Fsp3) is 0.455. The molecule has 1 aliphatic heterocycles. The first kappa shape index (κ1) is 12.2. The highest BCUT2D eigenvalue weighted by Crippen LogP contribution is 2.32. The zero-order valence-electron chi connectivity index (χ0n) is 8.93. The van der Waals surface area contributed by atoms with Crippen molar-refractivity contribution in [2.75, 3.05) is 26.0 Å². The molecule has 2 nitrogen and oxygen atoms in total. The second-order valence-corrected chi connectivity index (χ2v) is 4.81. The Morgan fingerprint density at radius 3 is 2.94 bits per heavy atom. The summed E-state index contributed by atoms with van der Waals surface area (Å²) < 4.78 is 19.2. The van der Waals surface area contributed by atoms with Crippen LogP contribution in [0.1, 0.15) is 11.7 Å². The molecule has 1 aromatic carbocycles. The summed E-state index contributed by atoms with van der Waals surface area (Å²) in [6, 6.07) is 3.30. The molecule has 1 aliphatic rings. The van der Waals surface area contributed by atoms with Crippen LogP contribution in [0.25, 0.3) is 0 Å². The summed E-state index contributed by atoms with van der Waals surface area (Å²) in [4.78, 5) is 0.495. The van der Waals surface area contributed by atoms with E-state index in [9.17, 15) is 4.39 Å². The van der Waals surface area contributed by atoms with Gasteiger partial charge in [-0.1, -0.05) is 11.6 Å². The summed E-state index contributed by atoms with van der Waals surface area (Å²) in [6.45, 7) is 2.19. The zero-order valence-corrected chi connectivity index (χ0v) is 10.5. The first-order valence-electron chi connectivity index (χ1n) is 5.07. The van der Waals surface area contributed by atoms with Gasteiger partial charge in [0.25, 0.3) is 0 Å². The Balaban J connectivity index is 2.28. The van der Waals surface area contributed by atoms with Gasteiger partial charge in [-0.3, -0.25) is 0 Å². The Bertz CT molecular complexity index is 359. The third-order valence-corrected chi connectivity index (χ3v) is 3.76. The highest BCUT2D eigenvalue weighted by molar-refractivity contribution is 7.98. The van der Waals surface area contributed by atoms with Gasteiger partial charge < -0.3 is 10.1 Å². The summed E-state index contributed by atoms with van der Waals surface area (Å²) in [5.74, 6) is -0.274. The second-order valence-electron chi connectivity index (χ2n) is 3.58. The maximum atomic E-state index is 13.7. The highest BCUT2D eigenvalue weighted by Gasteiger charge is 2.18. The predicted molar refractivity (Wildman–Crippen MR) is 64.8 cm³/mol. The van der Waals surface area contributed by atoms with Crippen molar-refractivity contribution in [1.29, 1.82) is 0 Å². The zero-order chi connectivity index (χ0) is 11.5. The van der Waals surface area contributed by atoms with Crippen LogP contribution in [0.2, 0.25) is 5.02 Å². The average molecular weight is 262 g/mol. The van der Waals surface area contributed by atoms with E-state index in [0.29, 0.717) is 23.1 Å². The van der Waals surface area contributed by atoms with Crippen molar-refractivity contribution in [3.05, 3.63) is 28.5 Å². The second kappa shape index (κ2) is 5.36. The minimum Gasteiger partial charge on any atom is -0.371 e. The lowest BCUT2D eigenvalue weighted by atomic mass is 10.1. The molecule has 1 unspecified atom stereocenters. The fourth-order valence-corrected chi connectivity index (χ4v) is 2.70. The van der Waals surface area contributed by atoms with E-state index < -0.39 is 0 Å². The topological polar surface area (TPSA) is 21.3 Å². The Hall–Kier alpha value is -0.290. The number of hydrogen-bond acceptors (Lipinski definition) is 3. The normalized spacial score (nSPS) is 21.1. The monoisotopic (exact) mass is 261 g/mol. The largest absolute Gasteiger partial charge is 0.371 e. The summed E-state index contributed by atoms with van der Waals surface area (Å²) in [6.07, 6.45) is 1.71. The molecule has 0 radical (unpaired) electrons. The summed E-state index contributed by atoms with van der Waals surface area (Å²) >= 11 is 7.33. The molecular formula is C11H13ClFNOS.